The third-order valence-corrected chi connectivity index (χ3v) is 4.17. The Labute approximate surface area is 139 Å². The summed E-state index contributed by atoms with van der Waals surface area (Å²) in [5, 5.41) is 2.89. The third-order valence-electron chi connectivity index (χ3n) is 4.17. The number of nitrogens with one attached hydrogen (secondary N) is 1. The van der Waals surface area contributed by atoms with Gasteiger partial charge in [0, 0.05) is 6.04 Å². The molecule has 6 nitrogen and oxygen atoms in total. The highest BCUT2D eigenvalue weighted by Gasteiger charge is 2.28. The SMILES string of the molecule is Cc1ccc2c(c1)N(Cc1ccc(C(=O)NC3CC3)o1)C(=O)CO2. The van der Waals surface area contributed by atoms with Crippen LogP contribution in [0.15, 0.2) is 34.7 Å². The number of benzene rings is 1. The molecule has 2 aliphatic rings. The first-order valence-electron chi connectivity index (χ1n) is 8.03. The molecule has 1 saturated carbocycles. The monoisotopic (exact) mass is 326 g/mol. The van der Waals surface area contributed by atoms with Crippen LogP contribution >= 0.6 is 0 Å². The summed E-state index contributed by atoms with van der Waals surface area (Å²) in [7, 11) is 0. The Bertz CT molecular complexity index is 807. The second-order valence-corrected chi connectivity index (χ2v) is 6.25. The molecule has 2 heterocycles. The molecule has 0 atom stereocenters. The summed E-state index contributed by atoms with van der Waals surface area (Å²) in [6.07, 6.45) is 2.05. The van der Waals surface area contributed by atoms with E-state index in [1.54, 1.807) is 17.0 Å². The number of carbonyl (C=O) groups is 2. The Morgan fingerprint density at radius 1 is 1.29 bits per heavy atom. The molecule has 0 radical (unpaired) electrons. The quantitative estimate of drug-likeness (QED) is 0.936. The third kappa shape index (κ3) is 2.87. The molecule has 124 valence electrons. The zero-order valence-electron chi connectivity index (χ0n) is 13.4. The lowest BCUT2D eigenvalue weighted by molar-refractivity contribution is -0.121. The van der Waals surface area contributed by atoms with Crippen LogP contribution in [0.3, 0.4) is 0 Å². The van der Waals surface area contributed by atoms with Crippen LogP contribution in [0.4, 0.5) is 5.69 Å². The van der Waals surface area contributed by atoms with Gasteiger partial charge in [-0.2, -0.15) is 0 Å². The van der Waals surface area contributed by atoms with Gasteiger partial charge < -0.3 is 14.5 Å². The van der Waals surface area contributed by atoms with Crippen molar-refractivity contribution in [2.75, 3.05) is 11.5 Å². The van der Waals surface area contributed by atoms with Crippen LogP contribution in [0, 0.1) is 6.92 Å². The summed E-state index contributed by atoms with van der Waals surface area (Å²) < 4.78 is 11.1. The average molecular weight is 326 g/mol. The van der Waals surface area contributed by atoms with E-state index in [4.69, 9.17) is 9.15 Å². The number of nitrogens with zero attached hydrogens (tertiary/aromatic N) is 1. The van der Waals surface area contributed by atoms with Crippen LogP contribution in [0.25, 0.3) is 0 Å². The largest absolute Gasteiger partial charge is 0.482 e. The molecule has 1 aromatic carbocycles. The summed E-state index contributed by atoms with van der Waals surface area (Å²) in [6.45, 7) is 2.24. The molecule has 1 aromatic heterocycles. The molecule has 0 saturated heterocycles. The van der Waals surface area contributed by atoms with Gasteiger partial charge in [-0.1, -0.05) is 6.07 Å². The van der Waals surface area contributed by atoms with Gasteiger partial charge in [-0.05, 0) is 49.6 Å². The molecule has 6 heteroatoms. The zero-order chi connectivity index (χ0) is 16.7. The van der Waals surface area contributed by atoms with E-state index in [0.717, 1.165) is 24.1 Å². The van der Waals surface area contributed by atoms with E-state index in [1.807, 2.05) is 25.1 Å². The van der Waals surface area contributed by atoms with Gasteiger partial charge in [0.15, 0.2) is 12.4 Å². The van der Waals surface area contributed by atoms with E-state index in [-0.39, 0.29) is 36.8 Å². The average Bonchev–Trinajstić information content (AvgIpc) is 3.25. The highest BCUT2D eigenvalue weighted by atomic mass is 16.5. The summed E-state index contributed by atoms with van der Waals surface area (Å²) >= 11 is 0. The van der Waals surface area contributed by atoms with Crippen LogP contribution in [-0.2, 0) is 11.3 Å². The van der Waals surface area contributed by atoms with Crippen LogP contribution in [0.1, 0.15) is 34.7 Å². The van der Waals surface area contributed by atoms with Gasteiger partial charge in [-0.25, -0.2) is 0 Å². The van der Waals surface area contributed by atoms with Gasteiger partial charge in [0.25, 0.3) is 11.8 Å². The van der Waals surface area contributed by atoms with Gasteiger partial charge in [-0.15, -0.1) is 0 Å². The normalized spacial score (nSPS) is 16.5. The van der Waals surface area contributed by atoms with Gasteiger partial charge in [0.05, 0.1) is 12.2 Å². The molecule has 2 aromatic rings. The Balaban J connectivity index is 1.54. The first-order chi connectivity index (χ1) is 11.6. The standard InChI is InChI=1S/C18H18N2O4/c1-11-2-6-15-14(8-11)20(17(21)10-23-15)9-13-5-7-16(24-13)18(22)19-12-3-4-12/h2,5-8,12H,3-4,9-10H2,1H3,(H,19,22). The van der Waals surface area contributed by atoms with Crippen LogP contribution < -0.4 is 15.0 Å². The molecular formula is C18H18N2O4. The number of hydrogen-bond donors (Lipinski definition) is 1. The maximum absolute atomic E-state index is 12.2. The first kappa shape index (κ1) is 14.8. The first-order valence-corrected chi connectivity index (χ1v) is 8.03. The van der Waals surface area contributed by atoms with Crippen LogP contribution in [0.5, 0.6) is 5.75 Å². The molecule has 24 heavy (non-hydrogen) atoms. The summed E-state index contributed by atoms with van der Waals surface area (Å²) in [5.41, 5.74) is 1.77. The molecule has 1 aliphatic carbocycles. The fourth-order valence-corrected chi connectivity index (χ4v) is 2.71. The van der Waals surface area contributed by atoms with Gasteiger partial charge in [-0.3, -0.25) is 14.5 Å². The number of aryl methyl sites for hydroxylation is 1. The minimum absolute atomic E-state index is 0.00575. The van der Waals surface area contributed by atoms with Crippen molar-refractivity contribution in [1.29, 1.82) is 0 Å². The summed E-state index contributed by atoms with van der Waals surface area (Å²) in [6, 6.07) is 9.38. The lowest BCUT2D eigenvalue weighted by atomic mass is 10.1. The lowest BCUT2D eigenvalue weighted by Crippen LogP contribution is -2.38. The van der Waals surface area contributed by atoms with E-state index in [9.17, 15) is 9.59 Å². The number of furan rings is 1. The molecule has 0 spiro atoms. The van der Waals surface area contributed by atoms with Crippen molar-refractivity contribution >= 4 is 17.5 Å². The molecule has 1 fully saturated rings. The maximum atomic E-state index is 12.2. The topological polar surface area (TPSA) is 71.8 Å². The lowest BCUT2D eigenvalue weighted by Gasteiger charge is -2.29. The molecule has 0 unspecified atom stereocenters. The van der Waals surface area contributed by atoms with Gasteiger partial charge >= 0.3 is 0 Å². The second kappa shape index (κ2) is 5.70. The predicted molar refractivity (Wildman–Crippen MR) is 87.1 cm³/mol. The number of carbonyl (C=O) groups excluding carboxylic acids is 2. The Morgan fingerprint density at radius 2 is 2.12 bits per heavy atom. The number of anilines is 1. The van der Waals surface area contributed by atoms with Crippen molar-refractivity contribution < 1.29 is 18.7 Å². The fourth-order valence-electron chi connectivity index (χ4n) is 2.71. The molecule has 1 N–H and O–H groups in total. The van der Waals surface area contributed by atoms with Crippen molar-refractivity contribution in [1.82, 2.24) is 5.32 Å². The number of fused-ring (bicyclic) bond motifs is 1. The second-order valence-electron chi connectivity index (χ2n) is 6.25. The summed E-state index contributed by atoms with van der Waals surface area (Å²) in [5.74, 6) is 1.20. The maximum Gasteiger partial charge on any atom is 0.287 e. The fraction of sp³-hybridized carbons (Fsp3) is 0.333. The Morgan fingerprint density at radius 3 is 2.92 bits per heavy atom. The van der Waals surface area contributed by atoms with E-state index >= 15 is 0 Å². The number of rotatable bonds is 4. The molecule has 2 amide bonds. The smallest absolute Gasteiger partial charge is 0.287 e. The predicted octanol–water partition coefficient (Wildman–Crippen LogP) is 2.41. The number of amides is 2. The van der Waals surface area contributed by atoms with Crippen molar-refractivity contribution in [2.45, 2.75) is 32.4 Å². The number of ether oxygens (including phenoxy) is 1. The van der Waals surface area contributed by atoms with Crippen LogP contribution in [-0.4, -0.2) is 24.5 Å². The molecular weight excluding hydrogens is 308 g/mol. The summed E-state index contributed by atoms with van der Waals surface area (Å²) in [4.78, 5) is 25.9. The van der Waals surface area contributed by atoms with E-state index in [0.29, 0.717) is 11.5 Å². The van der Waals surface area contributed by atoms with Crippen molar-refractivity contribution in [3.63, 3.8) is 0 Å². The zero-order valence-corrected chi connectivity index (χ0v) is 13.4. The highest BCUT2D eigenvalue weighted by molar-refractivity contribution is 5.97. The van der Waals surface area contributed by atoms with E-state index in [2.05, 4.69) is 5.32 Å². The Hall–Kier alpha value is -2.76. The number of hydrogen-bond acceptors (Lipinski definition) is 4. The Kier molecular flexibility index (Phi) is 3.52. The molecule has 4 rings (SSSR count). The molecule has 0 bridgehead atoms. The van der Waals surface area contributed by atoms with E-state index < -0.39 is 0 Å². The van der Waals surface area contributed by atoms with Gasteiger partial charge in [0.2, 0.25) is 0 Å². The van der Waals surface area contributed by atoms with Gasteiger partial charge in [0.1, 0.15) is 11.5 Å². The van der Waals surface area contributed by atoms with Crippen LogP contribution in [0.2, 0.25) is 0 Å². The minimum Gasteiger partial charge on any atom is -0.482 e. The minimum atomic E-state index is -0.201. The molecule has 1 aliphatic heterocycles. The van der Waals surface area contributed by atoms with Crippen molar-refractivity contribution in [2.24, 2.45) is 0 Å². The van der Waals surface area contributed by atoms with E-state index in [1.165, 1.54) is 0 Å². The highest BCUT2D eigenvalue weighted by Crippen LogP contribution is 2.34. The van der Waals surface area contributed by atoms with Crippen molar-refractivity contribution in [3.05, 3.63) is 47.4 Å². The van der Waals surface area contributed by atoms with Crippen molar-refractivity contribution in [3.8, 4) is 5.75 Å².